The van der Waals surface area contributed by atoms with E-state index < -0.39 is 9.84 Å². The Kier molecular flexibility index (Phi) is 5.02. The molecule has 6 heteroatoms. The molecule has 0 saturated carbocycles. The minimum atomic E-state index is -3.06. The van der Waals surface area contributed by atoms with Gasteiger partial charge < -0.3 is 4.90 Å². The Labute approximate surface area is 160 Å². The molecule has 1 fully saturated rings. The number of carbonyl (C=O) groups excluding carboxylic acids is 1. The Balaban J connectivity index is 1.53. The second-order valence-electron chi connectivity index (χ2n) is 7.39. The fraction of sp³-hybridized carbons (Fsp3) is 0.381. The van der Waals surface area contributed by atoms with Crippen molar-refractivity contribution in [3.8, 4) is 0 Å². The number of amides is 1. The van der Waals surface area contributed by atoms with Gasteiger partial charge in [-0.1, -0.05) is 42.5 Å². The molecule has 0 unspecified atom stereocenters. The fourth-order valence-corrected chi connectivity index (χ4v) is 5.78. The summed E-state index contributed by atoms with van der Waals surface area (Å²) >= 11 is 0. The molecule has 2 aliphatic heterocycles. The van der Waals surface area contributed by atoms with Gasteiger partial charge in [0, 0.05) is 18.8 Å². The molecule has 2 aromatic carbocycles. The zero-order chi connectivity index (χ0) is 18.9. The van der Waals surface area contributed by atoms with Crippen molar-refractivity contribution in [2.45, 2.75) is 25.4 Å². The highest BCUT2D eigenvalue weighted by Crippen LogP contribution is 2.25. The van der Waals surface area contributed by atoms with E-state index in [1.807, 2.05) is 36.4 Å². The first-order valence-electron chi connectivity index (χ1n) is 9.38. The molecule has 5 nitrogen and oxygen atoms in total. The molecule has 1 amide bonds. The summed E-state index contributed by atoms with van der Waals surface area (Å²) in [5, 5.41) is 0. The predicted molar refractivity (Wildman–Crippen MR) is 106 cm³/mol. The number of sulfone groups is 1. The quantitative estimate of drug-likeness (QED) is 0.811. The Hall–Kier alpha value is -2.18. The van der Waals surface area contributed by atoms with E-state index in [2.05, 4.69) is 23.1 Å². The lowest BCUT2D eigenvalue weighted by Crippen LogP contribution is -2.47. The first-order chi connectivity index (χ1) is 13.0. The molecule has 1 atom stereocenters. The summed E-state index contributed by atoms with van der Waals surface area (Å²) in [5.41, 5.74) is 3.40. The topological polar surface area (TPSA) is 57.7 Å². The molecule has 2 aliphatic rings. The summed E-state index contributed by atoms with van der Waals surface area (Å²) in [5.74, 6) is 0.185. The molecule has 2 aromatic rings. The van der Waals surface area contributed by atoms with Gasteiger partial charge in [0.2, 0.25) is 5.91 Å². The van der Waals surface area contributed by atoms with Gasteiger partial charge in [-0.15, -0.1) is 0 Å². The average molecular weight is 385 g/mol. The van der Waals surface area contributed by atoms with Gasteiger partial charge in [0.1, 0.15) is 0 Å². The van der Waals surface area contributed by atoms with Crippen molar-refractivity contribution < 1.29 is 13.2 Å². The SMILES string of the molecule is O=C(CN1CCc2ccccc2C1)N(c1ccccc1)[C@@H]1CCS(=O)(=O)C1. The molecule has 4 rings (SSSR count). The van der Waals surface area contributed by atoms with Crippen LogP contribution in [0.2, 0.25) is 0 Å². The first-order valence-corrected chi connectivity index (χ1v) is 11.2. The minimum absolute atomic E-state index is 0.0253. The van der Waals surface area contributed by atoms with Crippen molar-refractivity contribution in [3.63, 3.8) is 0 Å². The largest absolute Gasteiger partial charge is 0.307 e. The summed E-state index contributed by atoms with van der Waals surface area (Å²) in [4.78, 5) is 17.1. The molecule has 0 aromatic heterocycles. The molecular weight excluding hydrogens is 360 g/mol. The van der Waals surface area contributed by atoms with Gasteiger partial charge in [0.15, 0.2) is 9.84 Å². The van der Waals surface area contributed by atoms with Gasteiger partial charge >= 0.3 is 0 Å². The number of para-hydroxylation sites is 1. The lowest BCUT2D eigenvalue weighted by Gasteiger charge is -2.33. The van der Waals surface area contributed by atoms with Crippen LogP contribution >= 0.6 is 0 Å². The second-order valence-corrected chi connectivity index (χ2v) is 9.61. The second kappa shape index (κ2) is 7.44. The van der Waals surface area contributed by atoms with E-state index in [1.165, 1.54) is 11.1 Å². The molecule has 0 bridgehead atoms. The highest BCUT2D eigenvalue weighted by Gasteiger charge is 2.36. The standard InChI is InChI=1S/C21H24N2O3S/c24-21(15-22-12-10-17-6-4-5-7-18(17)14-22)23(19-8-2-1-3-9-19)20-11-13-27(25,26)16-20/h1-9,20H,10-16H2/t20-/m1/s1. The summed E-state index contributed by atoms with van der Waals surface area (Å²) < 4.78 is 24.0. The van der Waals surface area contributed by atoms with Crippen LogP contribution in [-0.2, 0) is 27.6 Å². The number of anilines is 1. The third kappa shape index (κ3) is 4.06. The monoisotopic (exact) mass is 384 g/mol. The van der Waals surface area contributed by atoms with Crippen LogP contribution in [-0.4, -0.2) is 49.9 Å². The van der Waals surface area contributed by atoms with Crippen molar-refractivity contribution in [2.24, 2.45) is 0 Å². The van der Waals surface area contributed by atoms with Crippen LogP contribution in [0.15, 0.2) is 54.6 Å². The van der Waals surface area contributed by atoms with Gasteiger partial charge in [-0.3, -0.25) is 9.69 Å². The van der Waals surface area contributed by atoms with Gasteiger partial charge in [0.05, 0.1) is 24.1 Å². The Bertz CT molecular complexity index is 927. The molecular formula is C21H24N2O3S. The molecule has 27 heavy (non-hydrogen) atoms. The fourth-order valence-electron chi connectivity index (χ4n) is 4.08. The van der Waals surface area contributed by atoms with Crippen molar-refractivity contribution in [1.82, 2.24) is 4.90 Å². The third-order valence-electron chi connectivity index (χ3n) is 5.45. The number of nitrogens with zero attached hydrogens (tertiary/aromatic N) is 2. The van der Waals surface area contributed by atoms with Gasteiger partial charge in [-0.05, 0) is 36.1 Å². The van der Waals surface area contributed by atoms with Crippen LogP contribution in [0.5, 0.6) is 0 Å². The molecule has 0 radical (unpaired) electrons. The number of carbonyl (C=O) groups is 1. The van der Waals surface area contributed by atoms with Gasteiger partial charge in [-0.2, -0.15) is 0 Å². The molecule has 0 aliphatic carbocycles. The van der Waals surface area contributed by atoms with Crippen LogP contribution < -0.4 is 4.90 Å². The number of hydrogen-bond acceptors (Lipinski definition) is 4. The normalized spacial score (nSPS) is 21.6. The van der Waals surface area contributed by atoms with Crippen LogP contribution in [0, 0.1) is 0 Å². The molecule has 0 N–H and O–H groups in total. The number of hydrogen-bond donors (Lipinski definition) is 0. The smallest absolute Gasteiger partial charge is 0.241 e. The Morgan fingerprint density at radius 2 is 1.74 bits per heavy atom. The summed E-state index contributed by atoms with van der Waals surface area (Å²) in [6.45, 7) is 1.90. The van der Waals surface area contributed by atoms with E-state index in [-0.39, 0.29) is 23.5 Å². The van der Waals surface area contributed by atoms with E-state index in [4.69, 9.17) is 0 Å². The molecule has 1 saturated heterocycles. The highest BCUT2D eigenvalue weighted by molar-refractivity contribution is 7.91. The predicted octanol–water partition coefficient (Wildman–Crippen LogP) is 2.27. The van der Waals surface area contributed by atoms with E-state index in [9.17, 15) is 13.2 Å². The van der Waals surface area contributed by atoms with Gasteiger partial charge in [-0.25, -0.2) is 8.42 Å². The number of benzene rings is 2. The van der Waals surface area contributed by atoms with Crippen LogP contribution in [0.3, 0.4) is 0 Å². The van der Waals surface area contributed by atoms with E-state index in [0.717, 1.165) is 25.2 Å². The molecule has 2 heterocycles. The first kappa shape index (κ1) is 18.2. The van der Waals surface area contributed by atoms with Crippen molar-refractivity contribution >= 4 is 21.4 Å². The zero-order valence-electron chi connectivity index (χ0n) is 15.3. The third-order valence-corrected chi connectivity index (χ3v) is 7.20. The number of rotatable bonds is 4. The summed E-state index contributed by atoms with van der Waals surface area (Å²) in [7, 11) is -3.06. The molecule has 0 spiro atoms. The van der Waals surface area contributed by atoms with E-state index in [1.54, 1.807) is 4.90 Å². The maximum Gasteiger partial charge on any atom is 0.241 e. The maximum atomic E-state index is 13.2. The van der Waals surface area contributed by atoms with Crippen LogP contribution in [0.4, 0.5) is 5.69 Å². The van der Waals surface area contributed by atoms with Crippen molar-refractivity contribution in [2.75, 3.05) is 29.5 Å². The summed E-state index contributed by atoms with van der Waals surface area (Å²) in [6.07, 6.45) is 1.44. The lowest BCUT2D eigenvalue weighted by atomic mass is 10.00. The van der Waals surface area contributed by atoms with Gasteiger partial charge in [0.25, 0.3) is 0 Å². The summed E-state index contributed by atoms with van der Waals surface area (Å²) in [6, 6.07) is 17.5. The zero-order valence-corrected chi connectivity index (χ0v) is 16.1. The minimum Gasteiger partial charge on any atom is -0.307 e. The Morgan fingerprint density at radius 1 is 1.04 bits per heavy atom. The van der Waals surface area contributed by atoms with Crippen LogP contribution in [0.25, 0.3) is 0 Å². The van der Waals surface area contributed by atoms with Crippen molar-refractivity contribution in [1.29, 1.82) is 0 Å². The Morgan fingerprint density at radius 3 is 2.44 bits per heavy atom. The van der Waals surface area contributed by atoms with E-state index in [0.29, 0.717) is 13.0 Å². The number of fused-ring (bicyclic) bond motifs is 1. The maximum absolute atomic E-state index is 13.2. The lowest BCUT2D eigenvalue weighted by molar-refractivity contribution is -0.120. The van der Waals surface area contributed by atoms with E-state index >= 15 is 0 Å². The van der Waals surface area contributed by atoms with Crippen LogP contribution in [0.1, 0.15) is 17.5 Å². The molecule has 142 valence electrons. The van der Waals surface area contributed by atoms with Crippen molar-refractivity contribution in [3.05, 3.63) is 65.7 Å². The highest BCUT2D eigenvalue weighted by atomic mass is 32.2. The average Bonchev–Trinajstić information content (AvgIpc) is 3.02.